The van der Waals surface area contributed by atoms with Crippen LogP contribution in [0.3, 0.4) is 0 Å². The number of hydrogen-bond donors (Lipinski definition) is 0. The molecule has 0 aromatic heterocycles. The van der Waals surface area contributed by atoms with Gasteiger partial charge in [0.05, 0.1) is 32.5 Å². The maximum Gasteiger partial charge on any atom is 0.206 e. The van der Waals surface area contributed by atoms with Crippen molar-refractivity contribution in [1.29, 1.82) is 0 Å². The van der Waals surface area contributed by atoms with Gasteiger partial charge in [-0.15, -0.1) is 0 Å². The lowest BCUT2D eigenvalue weighted by molar-refractivity contribution is 0.596. The van der Waals surface area contributed by atoms with Crippen molar-refractivity contribution in [3.63, 3.8) is 0 Å². The summed E-state index contributed by atoms with van der Waals surface area (Å²) in [4.78, 5) is 5.11. The summed E-state index contributed by atoms with van der Waals surface area (Å²) in [5.41, 5.74) is 4.98. The number of anilines is 2. The molecule has 0 unspecified atom stereocenters. The fraction of sp³-hybridized carbons (Fsp3) is 0.368. The zero-order valence-electron chi connectivity index (χ0n) is 28.2. The van der Waals surface area contributed by atoms with E-state index in [2.05, 4.69) is 70.1 Å². The van der Waals surface area contributed by atoms with Crippen LogP contribution in [0.2, 0.25) is 0 Å². The van der Waals surface area contributed by atoms with Crippen LogP contribution in [0.4, 0.5) is 34.1 Å². The molecule has 0 N–H and O–H groups in total. The van der Waals surface area contributed by atoms with Crippen molar-refractivity contribution in [2.24, 2.45) is 20.5 Å². The minimum Gasteiger partial charge on any atom is -0.372 e. The van der Waals surface area contributed by atoms with E-state index < -0.39 is 9.84 Å². The molecule has 4 rings (SSSR count). The third-order valence-corrected chi connectivity index (χ3v) is 9.90. The van der Waals surface area contributed by atoms with E-state index in [1.165, 1.54) is 44.2 Å². The molecule has 0 aliphatic heterocycles. The number of unbranched alkanes of at least 4 members (excludes halogenated alkanes) is 4. The molecule has 0 fully saturated rings. The molecule has 4 aromatic carbocycles. The van der Waals surface area contributed by atoms with Crippen LogP contribution in [-0.4, -0.2) is 34.6 Å². The van der Waals surface area contributed by atoms with Gasteiger partial charge < -0.3 is 9.80 Å². The van der Waals surface area contributed by atoms with Gasteiger partial charge in [0.1, 0.15) is 0 Å². The Morgan fingerprint density at radius 3 is 1.09 bits per heavy atom. The normalized spacial score (nSPS) is 11.8. The topological polar surface area (TPSA) is 90.1 Å². The van der Waals surface area contributed by atoms with Gasteiger partial charge in [0.15, 0.2) is 0 Å². The molecule has 4 aromatic rings. The highest BCUT2D eigenvalue weighted by Gasteiger charge is 2.17. The first-order valence-electron chi connectivity index (χ1n) is 16.9. The Balaban J connectivity index is 1.36. The van der Waals surface area contributed by atoms with E-state index in [9.17, 15) is 8.42 Å². The summed E-state index contributed by atoms with van der Waals surface area (Å²) in [5, 5.41) is 17.3. The van der Waals surface area contributed by atoms with Crippen LogP contribution >= 0.6 is 0 Å². The minimum atomic E-state index is -3.71. The van der Waals surface area contributed by atoms with Gasteiger partial charge in [-0.1, -0.05) is 39.5 Å². The van der Waals surface area contributed by atoms with Crippen LogP contribution in [0.1, 0.15) is 66.2 Å². The maximum atomic E-state index is 13.3. The fourth-order valence-corrected chi connectivity index (χ4v) is 6.54. The van der Waals surface area contributed by atoms with Gasteiger partial charge in [0.25, 0.3) is 0 Å². The molecule has 9 heteroatoms. The summed E-state index contributed by atoms with van der Waals surface area (Å²) >= 11 is 0. The molecule has 0 bridgehead atoms. The Hall–Kier alpha value is -4.37. The first kappa shape index (κ1) is 35.5. The number of azo groups is 2. The lowest BCUT2D eigenvalue weighted by atomic mass is 10.2. The molecule has 0 heterocycles. The maximum absolute atomic E-state index is 13.3. The second-order valence-electron chi connectivity index (χ2n) is 11.5. The Labute approximate surface area is 281 Å². The lowest BCUT2D eigenvalue weighted by Gasteiger charge is -2.25. The van der Waals surface area contributed by atoms with Crippen LogP contribution in [0.15, 0.2) is 127 Å². The monoisotopic (exact) mass is 652 g/mol. The van der Waals surface area contributed by atoms with Crippen LogP contribution in [0.5, 0.6) is 0 Å². The van der Waals surface area contributed by atoms with E-state index in [1.54, 1.807) is 48.5 Å². The van der Waals surface area contributed by atoms with Crippen molar-refractivity contribution < 1.29 is 8.42 Å². The Morgan fingerprint density at radius 2 is 0.766 bits per heavy atom. The van der Waals surface area contributed by atoms with E-state index in [1.807, 2.05) is 36.4 Å². The fourth-order valence-electron chi connectivity index (χ4n) is 5.28. The quantitative estimate of drug-likeness (QED) is 0.0790. The predicted octanol–water partition coefficient (Wildman–Crippen LogP) is 11.4. The number of benzene rings is 4. The first-order chi connectivity index (χ1) is 22.9. The highest BCUT2D eigenvalue weighted by atomic mass is 32.2. The molecule has 248 valence electrons. The Morgan fingerprint density at radius 1 is 0.447 bits per heavy atom. The summed E-state index contributed by atoms with van der Waals surface area (Å²) in [7, 11) is -3.71. The number of nitrogens with zero attached hydrogens (tertiary/aromatic N) is 6. The Bertz CT molecular complexity index is 1650. The van der Waals surface area contributed by atoms with E-state index in [0.717, 1.165) is 43.2 Å². The molecule has 0 aliphatic carbocycles. The molecule has 0 saturated heterocycles. The van der Waals surface area contributed by atoms with Gasteiger partial charge in [0.2, 0.25) is 9.84 Å². The molecule has 0 spiro atoms. The summed E-state index contributed by atoms with van der Waals surface area (Å²) in [6.45, 7) is 12.7. The van der Waals surface area contributed by atoms with Gasteiger partial charge in [-0.3, -0.25) is 0 Å². The molecule has 47 heavy (non-hydrogen) atoms. The summed E-state index contributed by atoms with van der Waals surface area (Å²) in [5.74, 6) is 0. The van der Waals surface area contributed by atoms with Crippen molar-refractivity contribution in [2.75, 3.05) is 36.0 Å². The molecular weight excluding hydrogens is 605 g/mol. The van der Waals surface area contributed by atoms with E-state index in [-0.39, 0.29) is 9.79 Å². The van der Waals surface area contributed by atoms with E-state index in [0.29, 0.717) is 11.4 Å². The van der Waals surface area contributed by atoms with Gasteiger partial charge in [-0.25, -0.2) is 8.42 Å². The molecule has 0 aliphatic rings. The molecule has 0 saturated carbocycles. The third-order valence-electron chi connectivity index (χ3n) is 8.11. The summed E-state index contributed by atoms with van der Waals surface area (Å²) in [6, 6.07) is 29.0. The first-order valence-corrected chi connectivity index (χ1v) is 18.3. The molecule has 0 amide bonds. The summed E-state index contributed by atoms with van der Waals surface area (Å²) in [6.07, 6.45) is 7.29. The van der Waals surface area contributed by atoms with Crippen molar-refractivity contribution in [3.8, 4) is 0 Å². The van der Waals surface area contributed by atoms with Crippen LogP contribution in [-0.2, 0) is 9.84 Å². The second kappa shape index (κ2) is 18.1. The van der Waals surface area contributed by atoms with Crippen LogP contribution < -0.4 is 9.80 Å². The lowest BCUT2D eigenvalue weighted by Crippen LogP contribution is -2.25. The van der Waals surface area contributed by atoms with Crippen LogP contribution in [0, 0.1) is 0 Å². The van der Waals surface area contributed by atoms with Gasteiger partial charge >= 0.3 is 0 Å². The number of hydrogen-bond acceptors (Lipinski definition) is 8. The van der Waals surface area contributed by atoms with Gasteiger partial charge in [-0.05, 0) is 124 Å². The standard InChI is InChI=1S/C38H48N6O2S/c1-5-9-11-29-44(30-12-10-6-2)36-23-15-32(16-24-36)40-42-34-19-27-38(28-20-34)47(45,46)37-25-17-33(18-26-37)41-39-31-13-21-35(22-14-31)43(7-3)8-4/h13-28H,5-12,29-30H2,1-4H3. The van der Waals surface area contributed by atoms with Crippen molar-refractivity contribution in [3.05, 3.63) is 97.1 Å². The summed E-state index contributed by atoms with van der Waals surface area (Å²) < 4.78 is 26.6. The average molecular weight is 653 g/mol. The van der Waals surface area contributed by atoms with Gasteiger partial charge in [-0.2, -0.15) is 20.5 Å². The molecular formula is C38H48N6O2S. The number of sulfone groups is 1. The minimum absolute atomic E-state index is 0.188. The number of rotatable bonds is 18. The highest BCUT2D eigenvalue weighted by molar-refractivity contribution is 7.91. The molecule has 0 atom stereocenters. The Kier molecular flexibility index (Phi) is 13.7. The third kappa shape index (κ3) is 10.3. The largest absolute Gasteiger partial charge is 0.372 e. The molecule has 0 radical (unpaired) electrons. The smallest absolute Gasteiger partial charge is 0.206 e. The van der Waals surface area contributed by atoms with Crippen molar-refractivity contribution in [1.82, 2.24) is 0 Å². The van der Waals surface area contributed by atoms with Crippen molar-refractivity contribution in [2.45, 2.75) is 76.0 Å². The van der Waals surface area contributed by atoms with Gasteiger partial charge in [0, 0.05) is 37.6 Å². The second-order valence-corrected chi connectivity index (χ2v) is 13.4. The average Bonchev–Trinajstić information content (AvgIpc) is 3.11. The molecule has 8 nitrogen and oxygen atoms in total. The SMILES string of the molecule is CCCCCN(CCCCC)c1ccc(N=Nc2ccc(S(=O)(=O)c3ccc(N=Nc4ccc(N(CC)CC)cc4)cc3)cc2)cc1. The zero-order valence-corrected chi connectivity index (χ0v) is 29.0. The van der Waals surface area contributed by atoms with E-state index in [4.69, 9.17) is 0 Å². The predicted molar refractivity (Wildman–Crippen MR) is 194 cm³/mol. The van der Waals surface area contributed by atoms with Crippen LogP contribution in [0.25, 0.3) is 0 Å². The van der Waals surface area contributed by atoms with E-state index >= 15 is 0 Å². The zero-order chi connectivity index (χ0) is 33.5. The van der Waals surface area contributed by atoms with Crippen molar-refractivity contribution >= 4 is 44.0 Å². The highest BCUT2D eigenvalue weighted by Crippen LogP contribution is 2.28.